The Morgan fingerprint density at radius 2 is 2.00 bits per heavy atom. The van der Waals surface area contributed by atoms with Crippen LogP contribution >= 0.6 is 15.9 Å². The Morgan fingerprint density at radius 1 is 1.43 bits per heavy atom. The van der Waals surface area contributed by atoms with Crippen LogP contribution in [-0.2, 0) is 10.0 Å². The molecule has 0 aliphatic rings. The van der Waals surface area contributed by atoms with Crippen LogP contribution in [0, 0.1) is 11.7 Å². The van der Waals surface area contributed by atoms with Crippen molar-refractivity contribution in [3.05, 3.63) is 28.0 Å². The molecule has 1 rings (SSSR count). The van der Waals surface area contributed by atoms with Crippen LogP contribution in [0.5, 0.6) is 0 Å². The van der Waals surface area contributed by atoms with E-state index in [1.54, 1.807) is 6.92 Å². The zero-order chi connectivity index (χ0) is 16.4. The van der Waals surface area contributed by atoms with Gasteiger partial charge in [0, 0.05) is 17.6 Å². The van der Waals surface area contributed by atoms with Crippen LogP contribution in [0.1, 0.15) is 31.1 Å². The van der Waals surface area contributed by atoms with E-state index >= 15 is 0 Å². The summed E-state index contributed by atoms with van der Waals surface area (Å²) in [6.07, 6.45) is 0. The summed E-state index contributed by atoms with van der Waals surface area (Å²) in [7, 11) is -4.09. The van der Waals surface area contributed by atoms with E-state index in [0.717, 1.165) is 16.4 Å². The summed E-state index contributed by atoms with van der Waals surface area (Å²) in [6, 6.07) is 2.12. The molecule has 0 aliphatic carbocycles. The fraction of sp³-hybridized carbons (Fsp3) is 0.462. The molecule has 0 aromatic heterocycles. The molecule has 118 valence electrons. The normalized spacial score (nSPS) is 12.1. The van der Waals surface area contributed by atoms with Gasteiger partial charge in [-0.15, -0.1) is 0 Å². The largest absolute Gasteiger partial charge is 0.478 e. The second-order valence-corrected chi connectivity index (χ2v) is 7.74. The summed E-state index contributed by atoms with van der Waals surface area (Å²) < 4.78 is 40.6. The third-order valence-corrected chi connectivity index (χ3v) is 5.17. The lowest BCUT2D eigenvalue weighted by atomic mass is 10.2. The van der Waals surface area contributed by atoms with Crippen molar-refractivity contribution in [2.24, 2.45) is 5.92 Å². The summed E-state index contributed by atoms with van der Waals surface area (Å²) in [5, 5.41) is 8.95. The van der Waals surface area contributed by atoms with Crippen LogP contribution < -0.4 is 0 Å². The summed E-state index contributed by atoms with van der Waals surface area (Å²) in [5.74, 6) is -2.70. The first-order valence-corrected chi connectivity index (χ1v) is 8.57. The number of rotatable bonds is 6. The van der Waals surface area contributed by atoms with Gasteiger partial charge in [-0.1, -0.05) is 36.7 Å². The van der Waals surface area contributed by atoms with Crippen molar-refractivity contribution in [1.82, 2.24) is 4.31 Å². The number of sulfonamides is 1. The molecule has 8 heteroatoms. The quantitative estimate of drug-likeness (QED) is 0.821. The summed E-state index contributed by atoms with van der Waals surface area (Å²) in [4.78, 5) is 10.4. The Bertz CT molecular complexity index is 646. The highest BCUT2D eigenvalue weighted by Gasteiger charge is 2.30. The van der Waals surface area contributed by atoms with Gasteiger partial charge >= 0.3 is 5.97 Å². The van der Waals surface area contributed by atoms with Gasteiger partial charge in [0.15, 0.2) is 5.82 Å². The standard InChI is InChI=1S/C13H17BrFNO4S/c1-4-16(7-8(2)3)21(19,20)11-6-9(14)5-10(12(11)15)13(17)18/h5-6,8H,4,7H2,1-3H3,(H,17,18). The zero-order valence-electron chi connectivity index (χ0n) is 11.9. The van der Waals surface area contributed by atoms with Gasteiger partial charge in [0.2, 0.25) is 10.0 Å². The number of aromatic carboxylic acids is 1. The summed E-state index contributed by atoms with van der Waals surface area (Å²) >= 11 is 3.02. The molecular weight excluding hydrogens is 365 g/mol. The van der Waals surface area contributed by atoms with Gasteiger partial charge in [0.05, 0.1) is 5.56 Å². The van der Waals surface area contributed by atoms with Crippen molar-refractivity contribution < 1.29 is 22.7 Å². The first kappa shape index (κ1) is 18.1. The van der Waals surface area contributed by atoms with E-state index in [1.807, 2.05) is 13.8 Å². The molecule has 0 bridgehead atoms. The number of carbonyl (C=O) groups is 1. The predicted molar refractivity (Wildman–Crippen MR) is 80.3 cm³/mol. The third-order valence-electron chi connectivity index (χ3n) is 2.77. The van der Waals surface area contributed by atoms with E-state index in [4.69, 9.17) is 5.11 Å². The van der Waals surface area contributed by atoms with Gasteiger partial charge in [-0.05, 0) is 18.1 Å². The fourth-order valence-electron chi connectivity index (χ4n) is 1.85. The first-order valence-electron chi connectivity index (χ1n) is 6.33. The minimum Gasteiger partial charge on any atom is -0.478 e. The number of nitrogens with zero attached hydrogens (tertiary/aromatic N) is 1. The van der Waals surface area contributed by atoms with E-state index in [0.29, 0.717) is 0 Å². The molecule has 5 nitrogen and oxygen atoms in total. The molecule has 21 heavy (non-hydrogen) atoms. The van der Waals surface area contributed by atoms with Crippen molar-refractivity contribution >= 4 is 31.9 Å². The van der Waals surface area contributed by atoms with Gasteiger partial charge in [0.1, 0.15) is 4.90 Å². The SMILES string of the molecule is CCN(CC(C)C)S(=O)(=O)c1cc(Br)cc(C(=O)O)c1F. The highest BCUT2D eigenvalue weighted by molar-refractivity contribution is 9.10. The van der Waals surface area contributed by atoms with Crippen LogP contribution in [0.15, 0.2) is 21.5 Å². The van der Waals surface area contributed by atoms with Crippen LogP contribution in [-0.4, -0.2) is 36.9 Å². The Hall–Kier alpha value is -0.990. The fourth-order valence-corrected chi connectivity index (χ4v) is 4.19. The van der Waals surface area contributed by atoms with Crippen LogP contribution in [0.4, 0.5) is 4.39 Å². The molecule has 1 N–H and O–H groups in total. The number of halogens is 2. The maximum Gasteiger partial charge on any atom is 0.338 e. The van der Waals surface area contributed by atoms with Crippen LogP contribution in [0.3, 0.4) is 0 Å². The zero-order valence-corrected chi connectivity index (χ0v) is 14.3. The Kier molecular flexibility index (Phi) is 5.89. The Balaban J connectivity index is 3.47. The molecule has 0 aliphatic heterocycles. The Labute approximate surface area is 131 Å². The van der Waals surface area contributed by atoms with Gasteiger partial charge in [-0.2, -0.15) is 4.31 Å². The molecule has 0 heterocycles. The average Bonchev–Trinajstić information content (AvgIpc) is 2.37. The molecule has 1 aromatic rings. The topological polar surface area (TPSA) is 74.7 Å². The smallest absolute Gasteiger partial charge is 0.338 e. The molecule has 0 amide bonds. The maximum absolute atomic E-state index is 14.2. The van der Waals surface area contributed by atoms with E-state index in [1.165, 1.54) is 0 Å². The van der Waals surface area contributed by atoms with E-state index in [2.05, 4.69) is 15.9 Å². The second kappa shape index (κ2) is 6.85. The number of carboxylic acids is 1. The molecular formula is C13H17BrFNO4S. The lowest BCUT2D eigenvalue weighted by molar-refractivity contribution is 0.0691. The molecule has 0 fully saturated rings. The average molecular weight is 382 g/mol. The minimum atomic E-state index is -4.09. The van der Waals surface area contributed by atoms with Gasteiger partial charge in [-0.3, -0.25) is 0 Å². The van der Waals surface area contributed by atoms with E-state index in [9.17, 15) is 17.6 Å². The Morgan fingerprint density at radius 3 is 2.43 bits per heavy atom. The second-order valence-electron chi connectivity index (χ2n) is 4.92. The van der Waals surface area contributed by atoms with Crippen molar-refractivity contribution in [2.75, 3.05) is 13.1 Å². The summed E-state index contributed by atoms with van der Waals surface area (Å²) in [6.45, 7) is 5.74. The van der Waals surface area contributed by atoms with E-state index in [-0.39, 0.29) is 23.5 Å². The number of hydrogen-bond donors (Lipinski definition) is 1. The van der Waals surface area contributed by atoms with Crippen molar-refractivity contribution in [3.8, 4) is 0 Å². The van der Waals surface area contributed by atoms with Crippen LogP contribution in [0.2, 0.25) is 0 Å². The predicted octanol–water partition coefficient (Wildman–Crippen LogP) is 2.95. The highest BCUT2D eigenvalue weighted by Crippen LogP contribution is 2.27. The molecule has 0 radical (unpaired) electrons. The lowest BCUT2D eigenvalue weighted by Crippen LogP contribution is -2.34. The molecule has 0 saturated heterocycles. The van der Waals surface area contributed by atoms with Gasteiger partial charge in [-0.25, -0.2) is 17.6 Å². The lowest BCUT2D eigenvalue weighted by Gasteiger charge is -2.23. The highest BCUT2D eigenvalue weighted by atomic mass is 79.9. The minimum absolute atomic E-state index is 0.0638. The molecule has 0 atom stereocenters. The van der Waals surface area contributed by atoms with Crippen molar-refractivity contribution in [3.63, 3.8) is 0 Å². The third kappa shape index (κ3) is 4.02. The van der Waals surface area contributed by atoms with Crippen molar-refractivity contribution in [2.45, 2.75) is 25.7 Å². The molecule has 0 unspecified atom stereocenters. The first-order chi connectivity index (χ1) is 9.61. The van der Waals surface area contributed by atoms with Gasteiger partial charge in [0.25, 0.3) is 0 Å². The number of hydrogen-bond acceptors (Lipinski definition) is 3. The van der Waals surface area contributed by atoms with E-state index < -0.39 is 32.3 Å². The summed E-state index contributed by atoms with van der Waals surface area (Å²) in [5.41, 5.74) is -0.677. The molecule has 0 spiro atoms. The maximum atomic E-state index is 14.2. The monoisotopic (exact) mass is 381 g/mol. The molecule has 1 aromatic carbocycles. The van der Waals surface area contributed by atoms with Crippen LogP contribution in [0.25, 0.3) is 0 Å². The number of carboxylic acid groups (broad SMARTS) is 1. The van der Waals surface area contributed by atoms with Crippen molar-refractivity contribution in [1.29, 1.82) is 0 Å². The molecule has 0 saturated carbocycles. The number of benzene rings is 1. The van der Waals surface area contributed by atoms with Gasteiger partial charge < -0.3 is 5.11 Å².